The molecule has 0 bridgehead atoms. The summed E-state index contributed by atoms with van der Waals surface area (Å²) >= 11 is 12.8. The van der Waals surface area contributed by atoms with Crippen LogP contribution in [-0.2, 0) is 11.2 Å². The zero-order chi connectivity index (χ0) is 21.1. The van der Waals surface area contributed by atoms with E-state index in [1.165, 1.54) is 38.6 Å². The first kappa shape index (κ1) is 20.8. The SMILES string of the molecule is C=CC(=O)CCc1ncc2oc(-c3c(Cl)c(OC)cc(OC)c3Cl)cc(=O)c2n1. The molecule has 7 nitrogen and oxygen atoms in total. The molecule has 0 spiro atoms. The summed E-state index contributed by atoms with van der Waals surface area (Å²) in [4.78, 5) is 32.4. The number of aromatic nitrogens is 2. The Bertz CT molecular complexity index is 1150. The van der Waals surface area contributed by atoms with Gasteiger partial charge in [0.25, 0.3) is 0 Å². The van der Waals surface area contributed by atoms with E-state index in [-0.39, 0.29) is 51.1 Å². The number of carbonyl (C=O) groups is 1. The van der Waals surface area contributed by atoms with Gasteiger partial charge in [0.05, 0.1) is 36.0 Å². The number of ether oxygens (including phenoxy) is 2. The number of ketones is 1. The van der Waals surface area contributed by atoms with Crippen molar-refractivity contribution in [1.29, 1.82) is 0 Å². The molecule has 3 aromatic rings. The second-order valence-corrected chi connectivity index (χ2v) is 6.68. The van der Waals surface area contributed by atoms with Crippen molar-refractivity contribution in [2.45, 2.75) is 12.8 Å². The van der Waals surface area contributed by atoms with Gasteiger partial charge in [-0.3, -0.25) is 9.59 Å². The van der Waals surface area contributed by atoms with E-state index in [2.05, 4.69) is 16.5 Å². The number of halogens is 2. The molecule has 0 aliphatic carbocycles. The van der Waals surface area contributed by atoms with Crippen molar-refractivity contribution in [1.82, 2.24) is 9.97 Å². The highest BCUT2D eigenvalue weighted by molar-refractivity contribution is 6.41. The van der Waals surface area contributed by atoms with Crippen LogP contribution >= 0.6 is 23.2 Å². The van der Waals surface area contributed by atoms with Crippen molar-refractivity contribution >= 4 is 40.1 Å². The molecule has 0 aliphatic heterocycles. The van der Waals surface area contributed by atoms with E-state index in [9.17, 15) is 9.59 Å². The molecule has 0 aliphatic rings. The van der Waals surface area contributed by atoms with Crippen molar-refractivity contribution < 1.29 is 18.7 Å². The predicted molar refractivity (Wildman–Crippen MR) is 110 cm³/mol. The standard InChI is InChI=1S/C20H16Cl2N2O5/c1-4-10(25)5-6-16-23-9-15-20(24-16)11(26)7-12(29-15)17-18(21)13(27-2)8-14(28-3)19(17)22/h4,7-9H,1,5-6H2,2-3H3. The molecule has 1 aromatic carbocycles. The van der Waals surface area contributed by atoms with Crippen LogP contribution in [0.2, 0.25) is 10.0 Å². The maximum Gasteiger partial charge on any atom is 0.211 e. The molecule has 0 N–H and O–H groups in total. The third kappa shape index (κ3) is 4.11. The topological polar surface area (TPSA) is 91.5 Å². The van der Waals surface area contributed by atoms with Gasteiger partial charge in [-0.2, -0.15) is 0 Å². The Balaban J connectivity index is 2.12. The minimum Gasteiger partial charge on any atom is -0.495 e. The summed E-state index contributed by atoms with van der Waals surface area (Å²) < 4.78 is 16.3. The quantitative estimate of drug-likeness (QED) is 0.512. The normalized spacial score (nSPS) is 10.8. The molecule has 2 aromatic heterocycles. The Kier molecular flexibility index (Phi) is 6.20. The monoisotopic (exact) mass is 434 g/mol. The van der Waals surface area contributed by atoms with E-state index in [1.54, 1.807) is 0 Å². The molecule has 0 unspecified atom stereocenters. The third-order valence-corrected chi connectivity index (χ3v) is 4.91. The lowest BCUT2D eigenvalue weighted by Crippen LogP contribution is -2.07. The largest absolute Gasteiger partial charge is 0.495 e. The molecule has 0 fully saturated rings. The third-order valence-electron chi connectivity index (χ3n) is 4.16. The average molecular weight is 435 g/mol. The van der Waals surface area contributed by atoms with E-state index in [0.717, 1.165) is 0 Å². The number of carbonyl (C=O) groups excluding carboxylic acids is 1. The lowest BCUT2D eigenvalue weighted by molar-refractivity contribution is -0.114. The van der Waals surface area contributed by atoms with Crippen LogP contribution in [0.25, 0.3) is 22.4 Å². The van der Waals surface area contributed by atoms with Gasteiger partial charge in [-0.25, -0.2) is 9.97 Å². The minimum absolute atomic E-state index is 0.0897. The molecule has 2 heterocycles. The number of hydrogen-bond acceptors (Lipinski definition) is 7. The fourth-order valence-electron chi connectivity index (χ4n) is 2.68. The number of rotatable bonds is 7. The maximum atomic E-state index is 12.7. The molecule has 0 saturated carbocycles. The van der Waals surface area contributed by atoms with Crippen LogP contribution in [-0.4, -0.2) is 30.0 Å². The van der Waals surface area contributed by atoms with Crippen LogP contribution in [0.15, 0.2) is 40.2 Å². The van der Waals surface area contributed by atoms with Crippen LogP contribution < -0.4 is 14.9 Å². The molecule has 0 radical (unpaired) electrons. The van der Waals surface area contributed by atoms with Gasteiger partial charge in [0.2, 0.25) is 5.43 Å². The van der Waals surface area contributed by atoms with Crippen molar-refractivity contribution in [2.24, 2.45) is 0 Å². The second-order valence-electron chi connectivity index (χ2n) is 5.93. The van der Waals surface area contributed by atoms with E-state index in [4.69, 9.17) is 37.1 Å². The Labute approximate surface area is 175 Å². The van der Waals surface area contributed by atoms with Gasteiger partial charge in [0.1, 0.15) is 23.1 Å². The molecule has 29 heavy (non-hydrogen) atoms. The van der Waals surface area contributed by atoms with Gasteiger partial charge in [-0.05, 0) is 6.08 Å². The first-order valence-electron chi connectivity index (χ1n) is 8.45. The first-order chi connectivity index (χ1) is 13.9. The van der Waals surface area contributed by atoms with Gasteiger partial charge < -0.3 is 13.9 Å². The van der Waals surface area contributed by atoms with Gasteiger partial charge in [-0.15, -0.1) is 0 Å². The van der Waals surface area contributed by atoms with Crippen LogP contribution in [0.5, 0.6) is 11.5 Å². The van der Waals surface area contributed by atoms with Crippen molar-refractivity contribution in [2.75, 3.05) is 14.2 Å². The number of fused-ring (bicyclic) bond motifs is 1. The lowest BCUT2D eigenvalue weighted by atomic mass is 10.1. The van der Waals surface area contributed by atoms with Crippen LogP contribution in [0.4, 0.5) is 0 Å². The average Bonchev–Trinajstić information content (AvgIpc) is 2.72. The molecular weight excluding hydrogens is 419 g/mol. The van der Waals surface area contributed by atoms with Crippen molar-refractivity contribution in [3.63, 3.8) is 0 Å². The summed E-state index contributed by atoms with van der Waals surface area (Å²) in [5.74, 6) is 0.959. The Morgan fingerprint density at radius 2 is 1.86 bits per heavy atom. The summed E-state index contributed by atoms with van der Waals surface area (Å²) in [5, 5.41) is 0.336. The summed E-state index contributed by atoms with van der Waals surface area (Å²) in [6.45, 7) is 3.42. The number of hydrogen-bond donors (Lipinski definition) is 0. The Morgan fingerprint density at radius 1 is 1.21 bits per heavy atom. The summed E-state index contributed by atoms with van der Waals surface area (Å²) in [5.41, 5.74) is 0.0881. The Morgan fingerprint density at radius 3 is 2.45 bits per heavy atom. The molecule has 0 amide bonds. The van der Waals surface area contributed by atoms with Crippen molar-refractivity contribution in [3.05, 3.63) is 57.1 Å². The number of allylic oxidation sites excluding steroid dienone is 1. The van der Waals surface area contributed by atoms with E-state index >= 15 is 0 Å². The lowest BCUT2D eigenvalue weighted by Gasteiger charge is -2.14. The fraction of sp³-hybridized carbons (Fsp3) is 0.200. The van der Waals surface area contributed by atoms with Crippen molar-refractivity contribution in [3.8, 4) is 22.8 Å². The van der Waals surface area contributed by atoms with E-state index in [0.29, 0.717) is 17.3 Å². The van der Waals surface area contributed by atoms with Gasteiger partial charge >= 0.3 is 0 Å². The molecule has 9 heteroatoms. The first-order valence-corrected chi connectivity index (χ1v) is 9.20. The number of methoxy groups -OCH3 is 2. The summed E-state index contributed by atoms with van der Waals surface area (Å²) in [6.07, 6.45) is 3.09. The summed E-state index contributed by atoms with van der Waals surface area (Å²) in [6, 6.07) is 2.77. The van der Waals surface area contributed by atoms with Crippen LogP contribution in [0, 0.1) is 0 Å². The highest BCUT2D eigenvalue weighted by atomic mass is 35.5. The maximum absolute atomic E-state index is 12.7. The highest BCUT2D eigenvalue weighted by Gasteiger charge is 2.22. The predicted octanol–water partition coefficient (Wildman–Crippen LogP) is 4.26. The number of aryl methyl sites for hydroxylation is 1. The van der Waals surface area contributed by atoms with E-state index < -0.39 is 5.43 Å². The van der Waals surface area contributed by atoms with Gasteiger partial charge in [-0.1, -0.05) is 29.8 Å². The molecule has 3 rings (SSSR count). The minimum atomic E-state index is -0.408. The molecule has 0 atom stereocenters. The smallest absolute Gasteiger partial charge is 0.211 e. The van der Waals surface area contributed by atoms with E-state index in [1.807, 2.05) is 0 Å². The van der Waals surface area contributed by atoms with Crippen LogP contribution in [0.1, 0.15) is 12.2 Å². The Hall–Kier alpha value is -2.90. The summed E-state index contributed by atoms with van der Waals surface area (Å²) in [7, 11) is 2.89. The molecule has 0 saturated heterocycles. The number of nitrogens with zero attached hydrogens (tertiary/aromatic N) is 2. The second kappa shape index (κ2) is 8.63. The van der Waals surface area contributed by atoms with Gasteiger partial charge in [0, 0.05) is 25.0 Å². The molecule has 150 valence electrons. The fourth-order valence-corrected chi connectivity index (χ4v) is 3.36. The number of benzene rings is 1. The zero-order valence-electron chi connectivity index (χ0n) is 15.6. The van der Waals surface area contributed by atoms with Gasteiger partial charge in [0.15, 0.2) is 16.9 Å². The van der Waals surface area contributed by atoms with Crippen LogP contribution in [0.3, 0.4) is 0 Å². The zero-order valence-corrected chi connectivity index (χ0v) is 17.1. The highest BCUT2D eigenvalue weighted by Crippen LogP contribution is 2.45. The molecular formula is C20H16Cl2N2O5.